The molecule has 78 valence electrons. The lowest BCUT2D eigenvalue weighted by Crippen LogP contribution is -2.07. The molecular formula is C14H16O. The molecule has 1 aliphatic carbocycles. The fourth-order valence-electron chi connectivity index (χ4n) is 1.82. The zero-order valence-corrected chi connectivity index (χ0v) is 8.91. The predicted octanol–water partition coefficient (Wildman–Crippen LogP) is 3.48. The van der Waals surface area contributed by atoms with Gasteiger partial charge < -0.3 is 4.74 Å². The maximum Gasteiger partial charge on any atom is 0.0720 e. The summed E-state index contributed by atoms with van der Waals surface area (Å²) in [5, 5.41) is 0. The molecule has 1 saturated carbocycles. The maximum absolute atomic E-state index is 5.81. The summed E-state index contributed by atoms with van der Waals surface area (Å²) < 4.78 is 5.81. The molecule has 0 aromatic heterocycles. The molecule has 0 unspecified atom stereocenters. The third-order valence-electron chi connectivity index (χ3n) is 2.78. The van der Waals surface area contributed by atoms with E-state index in [9.17, 15) is 0 Å². The van der Waals surface area contributed by atoms with E-state index in [0.29, 0.717) is 6.61 Å². The Hall–Kier alpha value is -1.34. The van der Waals surface area contributed by atoms with Gasteiger partial charge in [0.2, 0.25) is 0 Å². The first-order valence-electron chi connectivity index (χ1n) is 5.27. The van der Waals surface area contributed by atoms with Gasteiger partial charge in [0.1, 0.15) is 0 Å². The molecule has 0 heterocycles. The largest absolute Gasteiger partial charge is 0.373 e. The third kappa shape index (κ3) is 2.57. The van der Waals surface area contributed by atoms with Crippen LogP contribution in [-0.2, 0) is 11.3 Å². The number of benzene rings is 1. The normalized spacial score (nSPS) is 17.3. The molecule has 1 heteroatoms. The topological polar surface area (TPSA) is 9.23 Å². The molecule has 1 fully saturated rings. The van der Waals surface area contributed by atoms with Crippen LogP contribution in [0.2, 0.25) is 0 Å². The van der Waals surface area contributed by atoms with E-state index in [1.165, 1.54) is 5.56 Å². The molecule has 0 N–H and O–H groups in total. The van der Waals surface area contributed by atoms with E-state index in [1.807, 2.05) is 18.2 Å². The van der Waals surface area contributed by atoms with Gasteiger partial charge in [-0.1, -0.05) is 43.5 Å². The van der Waals surface area contributed by atoms with Gasteiger partial charge in [-0.15, -0.1) is 0 Å². The smallest absolute Gasteiger partial charge is 0.0720 e. The standard InChI is InChI=1S/C14H16O/c1-11-8-14(9-12(11)2)15-10-13-6-4-3-5-7-13/h3-7,14H,1-2,8-10H2. The number of hydrogen-bond donors (Lipinski definition) is 0. The molecule has 1 aromatic carbocycles. The molecule has 15 heavy (non-hydrogen) atoms. The van der Waals surface area contributed by atoms with E-state index in [-0.39, 0.29) is 6.10 Å². The molecule has 0 aliphatic heterocycles. The summed E-state index contributed by atoms with van der Waals surface area (Å²) in [6.07, 6.45) is 2.15. The molecule has 0 saturated heterocycles. The van der Waals surface area contributed by atoms with Gasteiger partial charge in [0.25, 0.3) is 0 Å². The molecule has 1 aromatic rings. The monoisotopic (exact) mass is 200 g/mol. The Morgan fingerprint density at radius 3 is 2.27 bits per heavy atom. The van der Waals surface area contributed by atoms with Crippen LogP contribution in [-0.4, -0.2) is 6.10 Å². The number of hydrogen-bond acceptors (Lipinski definition) is 1. The highest BCUT2D eigenvalue weighted by Gasteiger charge is 2.21. The van der Waals surface area contributed by atoms with Gasteiger partial charge in [0, 0.05) is 0 Å². The Labute approximate surface area is 91.1 Å². The number of ether oxygens (including phenoxy) is 1. The van der Waals surface area contributed by atoms with Crippen molar-refractivity contribution in [1.29, 1.82) is 0 Å². The number of rotatable bonds is 3. The Morgan fingerprint density at radius 2 is 1.67 bits per heavy atom. The van der Waals surface area contributed by atoms with Crippen LogP contribution in [0.3, 0.4) is 0 Å². The third-order valence-corrected chi connectivity index (χ3v) is 2.78. The minimum absolute atomic E-state index is 0.283. The summed E-state index contributed by atoms with van der Waals surface area (Å²) in [4.78, 5) is 0. The van der Waals surface area contributed by atoms with E-state index >= 15 is 0 Å². The van der Waals surface area contributed by atoms with Gasteiger partial charge in [-0.05, 0) is 29.6 Å². The summed E-state index contributed by atoms with van der Waals surface area (Å²) in [6, 6.07) is 10.2. The van der Waals surface area contributed by atoms with Gasteiger partial charge in [-0.3, -0.25) is 0 Å². The summed E-state index contributed by atoms with van der Waals surface area (Å²) >= 11 is 0. The van der Waals surface area contributed by atoms with Crippen LogP contribution in [0.4, 0.5) is 0 Å². The Morgan fingerprint density at radius 1 is 1.07 bits per heavy atom. The van der Waals surface area contributed by atoms with E-state index < -0.39 is 0 Å². The van der Waals surface area contributed by atoms with E-state index in [1.54, 1.807) is 0 Å². The Bertz CT molecular complexity index is 348. The van der Waals surface area contributed by atoms with Crippen molar-refractivity contribution in [3.05, 3.63) is 60.2 Å². The van der Waals surface area contributed by atoms with Gasteiger partial charge in [-0.25, -0.2) is 0 Å². The van der Waals surface area contributed by atoms with Crippen LogP contribution in [0.1, 0.15) is 18.4 Å². The predicted molar refractivity (Wildman–Crippen MR) is 62.5 cm³/mol. The van der Waals surface area contributed by atoms with Crippen LogP contribution >= 0.6 is 0 Å². The lowest BCUT2D eigenvalue weighted by Gasteiger charge is -2.10. The second kappa shape index (κ2) is 4.45. The van der Waals surface area contributed by atoms with Crippen molar-refractivity contribution in [3.63, 3.8) is 0 Å². The molecule has 1 aliphatic rings. The maximum atomic E-state index is 5.81. The molecule has 0 spiro atoms. The lowest BCUT2D eigenvalue weighted by atomic mass is 10.2. The highest BCUT2D eigenvalue weighted by atomic mass is 16.5. The van der Waals surface area contributed by atoms with Crippen LogP contribution in [0, 0.1) is 0 Å². The first kappa shape index (κ1) is 10.2. The SMILES string of the molecule is C=C1CC(OCc2ccccc2)CC1=C. The molecule has 2 rings (SSSR count). The Balaban J connectivity index is 1.85. The van der Waals surface area contributed by atoms with Crippen LogP contribution in [0.5, 0.6) is 0 Å². The molecular weight excluding hydrogens is 184 g/mol. The minimum atomic E-state index is 0.283. The summed E-state index contributed by atoms with van der Waals surface area (Å²) in [5.74, 6) is 0. The second-order valence-electron chi connectivity index (χ2n) is 4.03. The average molecular weight is 200 g/mol. The van der Waals surface area contributed by atoms with E-state index in [2.05, 4.69) is 25.3 Å². The molecule has 0 bridgehead atoms. The molecule has 0 atom stereocenters. The summed E-state index contributed by atoms with van der Waals surface area (Å²) in [5.41, 5.74) is 3.52. The van der Waals surface area contributed by atoms with Crippen molar-refractivity contribution in [2.45, 2.75) is 25.6 Å². The lowest BCUT2D eigenvalue weighted by molar-refractivity contribution is 0.0502. The zero-order valence-electron chi connectivity index (χ0n) is 8.91. The van der Waals surface area contributed by atoms with Crippen molar-refractivity contribution in [2.24, 2.45) is 0 Å². The minimum Gasteiger partial charge on any atom is -0.373 e. The Kier molecular flexibility index (Phi) is 3.02. The first-order valence-corrected chi connectivity index (χ1v) is 5.27. The van der Waals surface area contributed by atoms with Gasteiger partial charge in [0.15, 0.2) is 0 Å². The van der Waals surface area contributed by atoms with Crippen molar-refractivity contribution in [2.75, 3.05) is 0 Å². The summed E-state index contributed by atoms with van der Waals surface area (Å²) in [7, 11) is 0. The van der Waals surface area contributed by atoms with Gasteiger partial charge in [-0.2, -0.15) is 0 Å². The quantitative estimate of drug-likeness (QED) is 0.725. The fraction of sp³-hybridized carbons (Fsp3) is 0.286. The van der Waals surface area contributed by atoms with Crippen molar-refractivity contribution in [3.8, 4) is 0 Å². The van der Waals surface area contributed by atoms with E-state index in [4.69, 9.17) is 4.74 Å². The summed E-state index contributed by atoms with van der Waals surface area (Å²) in [6.45, 7) is 8.61. The van der Waals surface area contributed by atoms with Crippen molar-refractivity contribution < 1.29 is 4.74 Å². The van der Waals surface area contributed by atoms with Crippen molar-refractivity contribution >= 4 is 0 Å². The highest BCUT2D eigenvalue weighted by molar-refractivity contribution is 5.31. The zero-order chi connectivity index (χ0) is 10.7. The molecule has 0 radical (unpaired) electrons. The second-order valence-corrected chi connectivity index (χ2v) is 4.03. The van der Waals surface area contributed by atoms with Crippen LogP contribution in [0.15, 0.2) is 54.6 Å². The van der Waals surface area contributed by atoms with E-state index in [0.717, 1.165) is 24.0 Å². The molecule has 0 amide bonds. The van der Waals surface area contributed by atoms with Crippen LogP contribution in [0.25, 0.3) is 0 Å². The average Bonchev–Trinajstić information content (AvgIpc) is 2.57. The van der Waals surface area contributed by atoms with Crippen molar-refractivity contribution in [1.82, 2.24) is 0 Å². The fourth-order valence-corrected chi connectivity index (χ4v) is 1.82. The van der Waals surface area contributed by atoms with Crippen LogP contribution < -0.4 is 0 Å². The van der Waals surface area contributed by atoms with Gasteiger partial charge >= 0.3 is 0 Å². The van der Waals surface area contributed by atoms with Gasteiger partial charge in [0.05, 0.1) is 12.7 Å². The molecule has 1 nitrogen and oxygen atoms in total. The highest BCUT2D eigenvalue weighted by Crippen LogP contribution is 2.30. The first-order chi connectivity index (χ1) is 7.25.